The molecule has 0 unspecified atom stereocenters. The highest BCUT2D eigenvalue weighted by atomic mass is 35.5. The minimum absolute atomic E-state index is 0.157. The molecule has 1 amide bonds. The molecule has 0 bridgehead atoms. The predicted molar refractivity (Wildman–Crippen MR) is 102 cm³/mol. The molecule has 5 nitrogen and oxygen atoms in total. The molecule has 0 aliphatic heterocycles. The summed E-state index contributed by atoms with van der Waals surface area (Å²) in [5.41, 5.74) is 0.557. The summed E-state index contributed by atoms with van der Waals surface area (Å²) in [6.07, 6.45) is 0.111. The first-order chi connectivity index (χ1) is 12.7. The van der Waals surface area contributed by atoms with E-state index in [0.717, 1.165) is 0 Å². The molecule has 0 fully saturated rings. The van der Waals surface area contributed by atoms with Gasteiger partial charge in [0.15, 0.2) is 0 Å². The maximum atomic E-state index is 14.2. The van der Waals surface area contributed by atoms with Crippen LogP contribution in [0.3, 0.4) is 0 Å². The van der Waals surface area contributed by atoms with E-state index in [1.165, 1.54) is 18.2 Å². The van der Waals surface area contributed by atoms with Gasteiger partial charge >= 0.3 is 6.09 Å². The Morgan fingerprint density at radius 3 is 2.59 bits per heavy atom. The van der Waals surface area contributed by atoms with Gasteiger partial charge in [0.05, 0.1) is 6.54 Å². The van der Waals surface area contributed by atoms with Crippen LogP contribution in [0.4, 0.5) is 9.18 Å². The number of carbonyl (C=O) groups is 2. The maximum Gasteiger partial charge on any atom is 0.407 e. The van der Waals surface area contributed by atoms with E-state index < -0.39 is 17.5 Å². The molecule has 0 saturated carbocycles. The fourth-order valence-corrected chi connectivity index (χ4v) is 2.45. The summed E-state index contributed by atoms with van der Waals surface area (Å²) in [6.45, 7) is 5.68. The van der Waals surface area contributed by atoms with Crippen LogP contribution in [0.2, 0.25) is 5.02 Å². The molecule has 0 spiro atoms. The number of benzene rings is 2. The van der Waals surface area contributed by atoms with E-state index in [1.807, 2.05) is 0 Å². The standard InChI is InChI=1S/C20H21ClFNO4/c1-20(2,3)27-19(25)23-6-7-26-16-9-13(12-24)8-14(10-16)17-5-4-15(21)11-18(17)22/h4-5,8-12H,6-7H2,1-3H3,(H,23,25). The first-order valence-electron chi connectivity index (χ1n) is 8.33. The van der Waals surface area contributed by atoms with Crippen molar-refractivity contribution < 1.29 is 23.5 Å². The molecule has 0 atom stereocenters. The van der Waals surface area contributed by atoms with Crippen molar-refractivity contribution in [2.45, 2.75) is 26.4 Å². The molecule has 7 heteroatoms. The van der Waals surface area contributed by atoms with Crippen molar-refractivity contribution in [3.05, 3.63) is 52.8 Å². The zero-order chi connectivity index (χ0) is 20.0. The molecule has 27 heavy (non-hydrogen) atoms. The van der Waals surface area contributed by atoms with E-state index in [2.05, 4.69) is 5.32 Å². The minimum atomic E-state index is -0.583. The number of nitrogens with one attached hydrogen (secondary N) is 1. The number of carbonyl (C=O) groups excluding carboxylic acids is 2. The molecule has 144 valence electrons. The van der Waals surface area contributed by atoms with E-state index >= 15 is 0 Å². The number of alkyl carbamates (subject to hydrolysis) is 1. The first-order valence-corrected chi connectivity index (χ1v) is 8.71. The lowest BCUT2D eigenvalue weighted by atomic mass is 10.0. The lowest BCUT2D eigenvalue weighted by molar-refractivity contribution is 0.0520. The highest BCUT2D eigenvalue weighted by molar-refractivity contribution is 6.30. The van der Waals surface area contributed by atoms with E-state index in [4.69, 9.17) is 21.1 Å². The van der Waals surface area contributed by atoms with Gasteiger partial charge < -0.3 is 14.8 Å². The Balaban J connectivity index is 2.05. The molecule has 2 aromatic rings. The molecule has 0 radical (unpaired) electrons. The largest absolute Gasteiger partial charge is 0.492 e. The number of amides is 1. The zero-order valence-electron chi connectivity index (χ0n) is 15.3. The van der Waals surface area contributed by atoms with E-state index in [0.29, 0.717) is 28.7 Å². The van der Waals surface area contributed by atoms with Gasteiger partial charge in [-0.1, -0.05) is 11.6 Å². The minimum Gasteiger partial charge on any atom is -0.492 e. The van der Waals surface area contributed by atoms with Crippen LogP contribution in [-0.2, 0) is 4.74 Å². The van der Waals surface area contributed by atoms with Crippen LogP contribution in [0.25, 0.3) is 11.1 Å². The van der Waals surface area contributed by atoms with E-state index in [9.17, 15) is 14.0 Å². The SMILES string of the molecule is CC(C)(C)OC(=O)NCCOc1cc(C=O)cc(-c2ccc(Cl)cc2F)c1. The average Bonchev–Trinajstić information content (AvgIpc) is 2.57. The van der Waals surface area contributed by atoms with Crippen LogP contribution < -0.4 is 10.1 Å². The molecular formula is C20H21ClFNO4. The van der Waals surface area contributed by atoms with Crippen LogP contribution in [0.5, 0.6) is 5.75 Å². The van der Waals surface area contributed by atoms with Gasteiger partial charge in [-0.15, -0.1) is 0 Å². The quantitative estimate of drug-likeness (QED) is 0.562. The molecular weight excluding hydrogens is 373 g/mol. The molecule has 1 N–H and O–H groups in total. The van der Waals surface area contributed by atoms with Crippen LogP contribution in [0.15, 0.2) is 36.4 Å². The lowest BCUT2D eigenvalue weighted by Crippen LogP contribution is -2.34. The summed E-state index contributed by atoms with van der Waals surface area (Å²) < 4.78 is 24.9. The number of halogens is 2. The Labute approximate surface area is 162 Å². The second-order valence-corrected chi connectivity index (χ2v) is 7.25. The van der Waals surface area contributed by atoms with Gasteiger partial charge in [0.2, 0.25) is 0 Å². The van der Waals surface area contributed by atoms with Crippen LogP contribution >= 0.6 is 11.6 Å². The Kier molecular flexibility index (Phi) is 6.80. The summed E-state index contributed by atoms with van der Waals surface area (Å²) >= 11 is 5.78. The highest BCUT2D eigenvalue weighted by Gasteiger charge is 2.15. The molecule has 2 rings (SSSR count). The van der Waals surface area contributed by atoms with Gasteiger partial charge in [0, 0.05) is 16.1 Å². The van der Waals surface area contributed by atoms with Crippen molar-refractivity contribution in [2.75, 3.05) is 13.2 Å². The van der Waals surface area contributed by atoms with Gasteiger partial charge in [-0.05, 0) is 62.7 Å². The Hall–Kier alpha value is -2.60. The third-order valence-electron chi connectivity index (χ3n) is 3.35. The molecule has 0 aliphatic rings. The number of hydrogen-bond acceptors (Lipinski definition) is 4. The van der Waals surface area contributed by atoms with Gasteiger partial charge in [-0.3, -0.25) is 4.79 Å². The summed E-state index contributed by atoms with van der Waals surface area (Å²) in [7, 11) is 0. The number of ether oxygens (including phenoxy) is 2. The second kappa shape index (κ2) is 8.86. The molecule has 0 aromatic heterocycles. The van der Waals surface area contributed by atoms with Crippen LogP contribution in [0.1, 0.15) is 31.1 Å². The second-order valence-electron chi connectivity index (χ2n) is 6.81. The lowest BCUT2D eigenvalue weighted by Gasteiger charge is -2.19. The predicted octanol–water partition coefficient (Wildman–Crippen LogP) is 4.86. The normalized spacial score (nSPS) is 11.0. The molecule has 0 aliphatic carbocycles. The van der Waals surface area contributed by atoms with Crippen molar-refractivity contribution >= 4 is 24.0 Å². The van der Waals surface area contributed by atoms with Crippen LogP contribution in [-0.4, -0.2) is 31.1 Å². The van der Waals surface area contributed by atoms with Gasteiger partial charge in [0.25, 0.3) is 0 Å². The van der Waals surface area contributed by atoms with Gasteiger partial charge in [0.1, 0.15) is 30.1 Å². The first kappa shape index (κ1) is 20.7. The highest BCUT2D eigenvalue weighted by Crippen LogP contribution is 2.29. The fraction of sp³-hybridized carbons (Fsp3) is 0.300. The van der Waals surface area contributed by atoms with Crippen molar-refractivity contribution in [3.63, 3.8) is 0 Å². The smallest absolute Gasteiger partial charge is 0.407 e. The Morgan fingerprint density at radius 2 is 1.96 bits per heavy atom. The van der Waals surface area contributed by atoms with Crippen LogP contribution in [0, 0.1) is 5.82 Å². The summed E-state index contributed by atoms with van der Waals surface area (Å²) in [6, 6.07) is 9.03. The van der Waals surface area contributed by atoms with E-state index in [-0.39, 0.29) is 18.2 Å². The van der Waals surface area contributed by atoms with Crippen molar-refractivity contribution in [1.29, 1.82) is 0 Å². The fourth-order valence-electron chi connectivity index (χ4n) is 2.29. The third-order valence-corrected chi connectivity index (χ3v) is 3.58. The third kappa shape index (κ3) is 6.57. The number of rotatable bonds is 6. The molecule has 2 aromatic carbocycles. The van der Waals surface area contributed by atoms with Gasteiger partial charge in [-0.2, -0.15) is 0 Å². The van der Waals surface area contributed by atoms with Crippen molar-refractivity contribution in [1.82, 2.24) is 5.32 Å². The Morgan fingerprint density at radius 1 is 1.22 bits per heavy atom. The maximum absolute atomic E-state index is 14.2. The number of hydrogen-bond donors (Lipinski definition) is 1. The Bertz CT molecular complexity index is 833. The molecule has 0 saturated heterocycles. The van der Waals surface area contributed by atoms with E-state index in [1.54, 1.807) is 39.0 Å². The topological polar surface area (TPSA) is 64.6 Å². The van der Waals surface area contributed by atoms with Gasteiger partial charge in [-0.25, -0.2) is 9.18 Å². The van der Waals surface area contributed by atoms with Crippen molar-refractivity contribution in [2.24, 2.45) is 0 Å². The zero-order valence-corrected chi connectivity index (χ0v) is 16.1. The summed E-state index contributed by atoms with van der Waals surface area (Å²) in [5.74, 6) is -0.113. The van der Waals surface area contributed by atoms with Crippen molar-refractivity contribution in [3.8, 4) is 16.9 Å². The molecule has 0 heterocycles. The average molecular weight is 394 g/mol. The monoisotopic (exact) mass is 393 g/mol. The summed E-state index contributed by atoms with van der Waals surface area (Å²) in [5, 5.41) is 2.85. The summed E-state index contributed by atoms with van der Waals surface area (Å²) in [4.78, 5) is 22.8. The number of aldehydes is 1.